The lowest BCUT2D eigenvalue weighted by molar-refractivity contribution is 0.0320. The highest BCUT2D eigenvalue weighted by Gasteiger charge is 2.21. The predicted molar refractivity (Wildman–Crippen MR) is 63.1 cm³/mol. The van der Waals surface area contributed by atoms with Gasteiger partial charge in [0.15, 0.2) is 5.69 Å². The van der Waals surface area contributed by atoms with E-state index in [0.29, 0.717) is 18.3 Å². The Bertz CT molecular complexity index is 401. The third-order valence-electron chi connectivity index (χ3n) is 2.72. The average molecular weight is 254 g/mol. The van der Waals surface area contributed by atoms with E-state index in [0.717, 1.165) is 0 Å². The van der Waals surface area contributed by atoms with Gasteiger partial charge in [0.1, 0.15) is 5.76 Å². The van der Waals surface area contributed by atoms with Gasteiger partial charge in [-0.2, -0.15) is 0 Å². The van der Waals surface area contributed by atoms with Gasteiger partial charge in [0.2, 0.25) is 0 Å². The summed E-state index contributed by atoms with van der Waals surface area (Å²) in [5, 5.41) is 15.8. The number of carbonyl (C=O) groups excluding carboxylic acids is 1. The number of aliphatic hydroxyl groups is 1. The summed E-state index contributed by atoms with van der Waals surface area (Å²) in [7, 11) is 0. The number of amides is 1. The minimum Gasteiger partial charge on any atom is -0.389 e. The van der Waals surface area contributed by atoms with Crippen LogP contribution in [0.3, 0.4) is 0 Å². The Kier molecular flexibility index (Phi) is 4.33. The number of carbonyl (C=O) groups is 1. The summed E-state index contributed by atoms with van der Waals surface area (Å²) in [5.41, 5.74) is 0.221. The molecule has 1 saturated carbocycles. The van der Waals surface area contributed by atoms with Crippen LogP contribution in [0, 0.1) is 12.8 Å². The Hall–Kier alpha value is -1.40. The maximum Gasteiger partial charge on any atom is 0.273 e. The van der Waals surface area contributed by atoms with E-state index in [1.807, 2.05) is 0 Å². The molecule has 1 aliphatic rings. The molecule has 1 atom stereocenters. The third kappa shape index (κ3) is 4.12. The fourth-order valence-electron chi connectivity index (χ4n) is 1.49. The van der Waals surface area contributed by atoms with Crippen LogP contribution in [0.4, 0.5) is 0 Å². The Morgan fingerprint density at radius 2 is 2.50 bits per heavy atom. The van der Waals surface area contributed by atoms with E-state index in [1.54, 1.807) is 13.0 Å². The summed E-state index contributed by atoms with van der Waals surface area (Å²) in [4.78, 5) is 11.6. The number of hydrogen-bond acceptors (Lipinski definition) is 5. The Morgan fingerprint density at radius 1 is 1.72 bits per heavy atom. The number of ether oxygens (including phenoxy) is 1. The van der Waals surface area contributed by atoms with Crippen molar-refractivity contribution >= 4 is 5.91 Å². The molecule has 0 spiro atoms. The molecule has 2 rings (SSSR count). The van der Waals surface area contributed by atoms with Crippen molar-refractivity contribution in [3.8, 4) is 0 Å². The number of aliphatic hydroxyl groups excluding tert-OH is 1. The molecule has 1 aliphatic carbocycles. The van der Waals surface area contributed by atoms with Crippen LogP contribution in [0.15, 0.2) is 10.6 Å². The molecule has 1 aromatic heterocycles. The van der Waals surface area contributed by atoms with E-state index in [-0.39, 0.29) is 24.8 Å². The molecule has 1 aromatic rings. The highest BCUT2D eigenvalue weighted by molar-refractivity contribution is 5.92. The van der Waals surface area contributed by atoms with Crippen molar-refractivity contribution in [1.82, 2.24) is 10.5 Å². The molecule has 6 nitrogen and oxygen atoms in total. The maximum absolute atomic E-state index is 11.6. The van der Waals surface area contributed by atoms with Gasteiger partial charge >= 0.3 is 0 Å². The first-order chi connectivity index (χ1) is 8.65. The third-order valence-corrected chi connectivity index (χ3v) is 2.72. The van der Waals surface area contributed by atoms with Crippen molar-refractivity contribution in [3.63, 3.8) is 0 Å². The second kappa shape index (κ2) is 5.97. The van der Waals surface area contributed by atoms with Crippen LogP contribution < -0.4 is 5.32 Å². The van der Waals surface area contributed by atoms with Crippen molar-refractivity contribution in [3.05, 3.63) is 17.5 Å². The first-order valence-electron chi connectivity index (χ1n) is 6.12. The minimum atomic E-state index is -0.694. The zero-order chi connectivity index (χ0) is 13.0. The molecule has 0 radical (unpaired) electrons. The van der Waals surface area contributed by atoms with Gasteiger partial charge in [-0.15, -0.1) is 0 Å². The Morgan fingerprint density at radius 3 is 3.11 bits per heavy atom. The first kappa shape index (κ1) is 13.0. The zero-order valence-corrected chi connectivity index (χ0v) is 10.4. The first-order valence-corrected chi connectivity index (χ1v) is 6.12. The largest absolute Gasteiger partial charge is 0.389 e. The van der Waals surface area contributed by atoms with Crippen molar-refractivity contribution < 1.29 is 19.2 Å². The van der Waals surface area contributed by atoms with Crippen LogP contribution in [0.1, 0.15) is 29.1 Å². The highest BCUT2D eigenvalue weighted by atomic mass is 16.5. The topological polar surface area (TPSA) is 84.6 Å². The lowest BCUT2D eigenvalue weighted by Crippen LogP contribution is -2.34. The van der Waals surface area contributed by atoms with Gasteiger partial charge in [0.05, 0.1) is 12.7 Å². The summed E-state index contributed by atoms with van der Waals surface area (Å²) >= 11 is 0. The summed E-state index contributed by atoms with van der Waals surface area (Å²) < 4.78 is 10.1. The van der Waals surface area contributed by atoms with Gasteiger partial charge in [-0.3, -0.25) is 4.79 Å². The number of rotatable bonds is 7. The van der Waals surface area contributed by atoms with Crippen LogP contribution in [-0.2, 0) is 4.74 Å². The average Bonchev–Trinajstić information content (AvgIpc) is 3.06. The summed E-state index contributed by atoms with van der Waals surface area (Å²) in [6.45, 7) is 2.81. The number of aryl methyl sites for hydroxylation is 1. The van der Waals surface area contributed by atoms with E-state index < -0.39 is 6.10 Å². The quantitative estimate of drug-likeness (QED) is 0.740. The van der Waals surface area contributed by atoms with Gasteiger partial charge in [0, 0.05) is 19.2 Å². The molecule has 6 heteroatoms. The standard InChI is InChI=1S/C12H18N2O4/c1-8-4-11(14-18-8)12(16)13-5-10(15)7-17-6-9-2-3-9/h4,9-10,15H,2-3,5-7H2,1H3,(H,13,16). The van der Waals surface area contributed by atoms with Gasteiger partial charge in [-0.25, -0.2) is 0 Å². The second-order valence-corrected chi connectivity index (χ2v) is 4.67. The van der Waals surface area contributed by atoms with E-state index in [9.17, 15) is 9.90 Å². The van der Waals surface area contributed by atoms with Gasteiger partial charge in [-0.1, -0.05) is 5.16 Å². The maximum atomic E-state index is 11.6. The minimum absolute atomic E-state index is 0.148. The van der Waals surface area contributed by atoms with Crippen LogP contribution in [0.5, 0.6) is 0 Å². The lowest BCUT2D eigenvalue weighted by Gasteiger charge is -2.11. The summed E-state index contributed by atoms with van der Waals surface area (Å²) in [5.74, 6) is 0.895. The second-order valence-electron chi connectivity index (χ2n) is 4.67. The molecule has 18 heavy (non-hydrogen) atoms. The fraction of sp³-hybridized carbons (Fsp3) is 0.667. The number of hydrogen-bond donors (Lipinski definition) is 2. The zero-order valence-electron chi connectivity index (χ0n) is 10.4. The normalized spacial score (nSPS) is 16.6. The molecule has 1 fully saturated rings. The van der Waals surface area contributed by atoms with Crippen LogP contribution in [-0.4, -0.2) is 42.0 Å². The molecule has 1 heterocycles. The molecule has 0 saturated heterocycles. The number of nitrogens with one attached hydrogen (secondary N) is 1. The fourth-order valence-corrected chi connectivity index (χ4v) is 1.49. The Balaban J connectivity index is 1.62. The molecule has 0 aliphatic heterocycles. The highest BCUT2D eigenvalue weighted by Crippen LogP contribution is 2.28. The van der Waals surface area contributed by atoms with Crippen molar-refractivity contribution in [2.24, 2.45) is 5.92 Å². The Labute approximate surface area is 105 Å². The lowest BCUT2D eigenvalue weighted by atomic mass is 10.3. The molecule has 1 unspecified atom stereocenters. The van der Waals surface area contributed by atoms with Crippen LogP contribution in [0.2, 0.25) is 0 Å². The van der Waals surface area contributed by atoms with Crippen LogP contribution in [0.25, 0.3) is 0 Å². The van der Waals surface area contributed by atoms with Gasteiger partial charge in [0.25, 0.3) is 5.91 Å². The predicted octanol–water partition coefficient (Wildman–Crippen LogP) is 0.500. The number of nitrogens with zero attached hydrogens (tertiary/aromatic N) is 1. The SMILES string of the molecule is Cc1cc(C(=O)NCC(O)COCC2CC2)no1. The molecule has 0 bridgehead atoms. The monoisotopic (exact) mass is 254 g/mol. The summed E-state index contributed by atoms with van der Waals surface area (Å²) in [6.07, 6.45) is 1.75. The molecule has 0 aromatic carbocycles. The van der Waals surface area contributed by atoms with Crippen LogP contribution >= 0.6 is 0 Å². The molecule has 1 amide bonds. The van der Waals surface area contributed by atoms with E-state index in [4.69, 9.17) is 9.26 Å². The smallest absolute Gasteiger partial charge is 0.273 e. The van der Waals surface area contributed by atoms with Crippen molar-refractivity contribution in [2.75, 3.05) is 19.8 Å². The van der Waals surface area contributed by atoms with Gasteiger partial charge < -0.3 is 19.7 Å². The van der Waals surface area contributed by atoms with Crippen molar-refractivity contribution in [1.29, 1.82) is 0 Å². The van der Waals surface area contributed by atoms with Gasteiger partial charge in [-0.05, 0) is 25.7 Å². The van der Waals surface area contributed by atoms with E-state index in [2.05, 4.69) is 10.5 Å². The number of aromatic nitrogens is 1. The van der Waals surface area contributed by atoms with Crippen molar-refractivity contribution in [2.45, 2.75) is 25.9 Å². The molecule has 2 N–H and O–H groups in total. The molecular weight excluding hydrogens is 236 g/mol. The van der Waals surface area contributed by atoms with E-state index in [1.165, 1.54) is 12.8 Å². The van der Waals surface area contributed by atoms with E-state index >= 15 is 0 Å². The molecule has 100 valence electrons. The molecular formula is C12H18N2O4. The summed E-state index contributed by atoms with van der Waals surface area (Å²) in [6, 6.07) is 1.55.